The maximum absolute atomic E-state index is 11.4. The van der Waals surface area contributed by atoms with Crippen LogP contribution in [-0.2, 0) is 4.74 Å². The average Bonchev–Trinajstić information content (AvgIpc) is 2.63. The molecule has 9 nitrogen and oxygen atoms in total. The van der Waals surface area contributed by atoms with E-state index < -0.39 is 5.97 Å². The fourth-order valence-electron chi connectivity index (χ4n) is 2.94. The predicted octanol–water partition coefficient (Wildman–Crippen LogP) is -0.874. The molecule has 0 amide bonds. The number of aliphatic hydroxyl groups excluding tert-OH is 1. The molecule has 2 saturated heterocycles. The van der Waals surface area contributed by atoms with Gasteiger partial charge in [0.05, 0.1) is 19.8 Å². The third kappa shape index (κ3) is 3.92. The van der Waals surface area contributed by atoms with E-state index >= 15 is 0 Å². The molecule has 1 aromatic rings. The molecule has 0 spiro atoms. The SMILES string of the molecule is O=C(O)c1cc(N2CCN(CCO)CC2)nc(N2CCOCC2)n1. The molecular formula is C15H23N5O4. The Balaban J connectivity index is 1.79. The van der Waals surface area contributed by atoms with Gasteiger partial charge in [-0.2, -0.15) is 4.98 Å². The predicted molar refractivity (Wildman–Crippen MR) is 87.8 cm³/mol. The van der Waals surface area contributed by atoms with Gasteiger partial charge in [0.25, 0.3) is 0 Å². The summed E-state index contributed by atoms with van der Waals surface area (Å²) >= 11 is 0. The van der Waals surface area contributed by atoms with Gasteiger partial charge in [-0.15, -0.1) is 0 Å². The number of carboxylic acid groups (broad SMARTS) is 1. The highest BCUT2D eigenvalue weighted by Crippen LogP contribution is 2.20. The van der Waals surface area contributed by atoms with Gasteiger partial charge < -0.3 is 24.7 Å². The van der Waals surface area contributed by atoms with Crippen LogP contribution in [0.2, 0.25) is 0 Å². The van der Waals surface area contributed by atoms with E-state index in [1.807, 2.05) is 4.90 Å². The van der Waals surface area contributed by atoms with Crippen molar-refractivity contribution in [2.45, 2.75) is 0 Å². The Morgan fingerprint density at radius 2 is 1.79 bits per heavy atom. The van der Waals surface area contributed by atoms with Gasteiger partial charge in [0.2, 0.25) is 5.95 Å². The number of nitrogens with zero attached hydrogens (tertiary/aromatic N) is 5. The molecule has 3 heterocycles. The van der Waals surface area contributed by atoms with Crippen LogP contribution < -0.4 is 9.80 Å². The van der Waals surface area contributed by atoms with Crippen LogP contribution in [0, 0.1) is 0 Å². The van der Waals surface area contributed by atoms with Crippen molar-refractivity contribution in [2.24, 2.45) is 0 Å². The Morgan fingerprint density at radius 1 is 1.08 bits per heavy atom. The molecule has 1 aromatic heterocycles. The minimum Gasteiger partial charge on any atom is -0.477 e. The molecule has 0 aliphatic carbocycles. The summed E-state index contributed by atoms with van der Waals surface area (Å²) in [5, 5.41) is 18.4. The van der Waals surface area contributed by atoms with E-state index in [1.54, 1.807) is 0 Å². The van der Waals surface area contributed by atoms with E-state index in [1.165, 1.54) is 6.07 Å². The number of piperazine rings is 1. The molecule has 9 heteroatoms. The van der Waals surface area contributed by atoms with E-state index in [4.69, 9.17) is 9.84 Å². The van der Waals surface area contributed by atoms with Crippen molar-refractivity contribution in [1.82, 2.24) is 14.9 Å². The number of carboxylic acids is 1. The number of morpholine rings is 1. The Kier molecular flexibility index (Phi) is 5.44. The fraction of sp³-hybridized carbons (Fsp3) is 0.667. The first-order chi connectivity index (χ1) is 11.7. The Morgan fingerprint density at radius 3 is 2.42 bits per heavy atom. The molecule has 0 aromatic carbocycles. The Bertz CT molecular complexity index is 571. The standard InChI is InChI=1S/C15H23N5O4/c21-8-5-18-1-3-19(4-2-18)13-11-12(14(22)23)16-15(17-13)20-6-9-24-10-7-20/h11,21H,1-10H2,(H,22,23). The van der Waals surface area contributed by atoms with Gasteiger partial charge in [-0.05, 0) is 0 Å². The number of β-amino-alcohol motifs (C(OH)–C–C–N with tert-alkyl or cyclic N) is 1. The van der Waals surface area contributed by atoms with Crippen molar-refractivity contribution < 1.29 is 19.7 Å². The van der Waals surface area contributed by atoms with Crippen LogP contribution in [-0.4, -0.2) is 96.7 Å². The van der Waals surface area contributed by atoms with Crippen molar-refractivity contribution in [3.8, 4) is 0 Å². The van der Waals surface area contributed by atoms with Gasteiger partial charge in [0.15, 0.2) is 5.69 Å². The summed E-state index contributed by atoms with van der Waals surface area (Å²) in [6.45, 7) is 6.46. The highest BCUT2D eigenvalue weighted by molar-refractivity contribution is 5.86. The molecule has 24 heavy (non-hydrogen) atoms. The zero-order chi connectivity index (χ0) is 16.9. The number of hydrogen-bond donors (Lipinski definition) is 2. The average molecular weight is 337 g/mol. The lowest BCUT2D eigenvalue weighted by Gasteiger charge is -2.35. The Labute approximate surface area is 140 Å². The number of hydrogen-bond acceptors (Lipinski definition) is 8. The number of aromatic nitrogens is 2. The second-order valence-electron chi connectivity index (χ2n) is 5.87. The monoisotopic (exact) mass is 337 g/mol. The Hall–Kier alpha value is -1.97. The van der Waals surface area contributed by atoms with Crippen LogP contribution in [0.5, 0.6) is 0 Å². The van der Waals surface area contributed by atoms with E-state index in [2.05, 4.69) is 19.8 Å². The summed E-state index contributed by atoms with van der Waals surface area (Å²) in [6, 6.07) is 1.54. The highest BCUT2D eigenvalue weighted by Gasteiger charge is 2.22. The quantitative estimate of drug-likeness (QED) is 0.709. The highest BCUT2D eigenvalue weighted by atomic mass is 16.5. The number of anilines is 2. The number of rotatable bonds is 5. The van der Waals surface area contributed by atoms with Gasteiger partial charge >= 0.3 is 5.97 Å². The first kappa shape index (κ1) is 16.9. The minimum absolute atomic E-state index is 0.0132. The van der Waals surface area contributed by atoms with E-state index in [0.29, 0.717) is 44.6 Å². The van der Waals surface area contributed by atoms with Crippen molar-refractivity contribution in [2.75, 3.05) is 75.4 Å². The summed E-state index contributed by atoms with van der Waals surface area (Å²) < 4.78 is 5.33. The molecular weight excluding hydrogens is 314 g/mol. The molecule has 0 radical (unpaired) electrons. The van der Waals surface area contributed by atoms with E-state index in [0.717, 1.165) is 26.2 Å². The van der Waals surface area contributed by atoms with E-state index in [9.17, 15) is 9.90 Å². The first-order valence-electron chi connectivity index (χ1n) is 8.20. The molecule has 0 saturated carbocycles. The second kappa shape index (κ2) is 7.73. The van der Waals surface area contributed by atoms with Crippen molar-refractivity contribution in [3.63, 3.8) is 0 Å². The lowest BCUT2D eigenvalue weighted by atomic mass is 10.3. The van der Waals surface area contributed by atoms with Crippen LogP contribution >= 0.6 is 0 Å². The molecule has 2 aliphatic heterocycles. The van der Waals surface area contributed by atoms with Gasteiger partial charge in [-0.3, -0.25) is 4.90 Å². The maximum Gasteiger partial charge on any atom is 0.354 e. The molecule has 0 unspecified atom stereocenters. The summed E-state index contributed by atoms with van der Waals surface area (Å²) in [5.74, 6) is 0.0469. The molecule has 2 fully saturated rings. The van der Waals surface area contributed by atoms with E-state index in [-0.39, 0.29) is 12.3 Å². The molecule has 2 N–H and O–H groups in total. The number of carbonyl (C=O) groups is 1. The lowest BCUT2D eigenvalue weighted by Crippen LogP contribution is -2.47. The molecule has 132 valence electrons. The van der Waals surface area contributed by atoms with Crippen molar-refractivity contribution in [3.05, 3.63) is 11.8 Å². The molecule has 0 atom stereocenters. The van der Waals surface area contributed by atoms with Gasteiger partial charge in [-0.1, -0.05) is 0 Å². The van der Waals surface area contributed by atoms with Crippen LogP contribution in [0.3, 0.4) is 0 Å². The normalized spacial score (nSPS) is 19.5. The maximum atomic E-state index is 11.4. The third-order valence-electron chi connectivity index (χ3n) is 4.33. The van der Waals surface area contributed by atoms with Gasteiger partial charge in [0, 0.05) is 51.9 Å². The van der Waals surface area contributed by atoms with Gasteiger partial charge in [-0.25, -0.2) is 9.78 Å². The van der Waals surface area contributed by atoms with Crippen LogP contribution in [0.15, 0.2) is 6.07 Å². The number of ether oxygens (including phenoxy) is 1. The van der Waals surface area contributed by atoms with Crippen molar-refractivity contribution >= 4 is 17.7 Å². The first-order valence-corrected chi connectivity index (χ1v) is 8.20. The van der Waals surface area contributed by atoms with Crippen molar-refractivity contribution in [1.29, 1.82) is 0 Å². The molecule has 0 bridgehead atoms. The number of aliphatic hydroxyl groups is 1. The van der Waals surface area contributed by atoms with Crippen LogP contribution in [0.1, 0.15) is 10.5 Å². The van der Waals surface area contributed by atoms with Crippen LogP contribution in [0.25, 0.3) is 0 Å². The number of aromatic carboxylic acids is 1. The second-order valence-corrected chi connectivity index (χ2v) is 5.87. The van der Waals surface area contributed by atoms with Crippen LogP contribution in [0.4, 0.5) is 11.8 Å². The smallest absolute Gasteiger partial charge is 0.354 e. The largest absolute Gasteiger partial charge is 0.477 e. The summed E-state index contributed by atoms with van der Waals surface area (Å²) in [5.41, 5.74) is 0.0132. The summed E-state index contributed by atoms with van der Waals surface area (Å²) in [7, 11) is 0. The zero-order valence-corrected chi connectivity index (χ0v) is 13.6. The minimum atomic E-state index is -1.05. The zero-order valence-electron chi connectivity index (χ0n) is 13.6. The molecule has 2 aliphatic rings. The fourth-order valence-corrected chi connectivity index (χ4v) is 2.94. The topological polar surface area (TPSA) is 102 Å². The summed E-state index contributed by atoms with van der Waals surface area (Å²) in [6.07, 6.45) is 0. The summed E-state index contributed by atoms with van der Waals surface area (Å²) in [4.78, 5) is 26.4. The molecule has 3 rings (SSSR count). The van der Waals surface area contributed by atoms with Gasteiger partial charge in [0.1, 0.15) is 5.82 Å². The third-order valence-corrected chi connectivity index (χ3v) is 4.33. The lowest BCUT2D eigenvalue weighted by molar-refractivity contribution is 0.0690.